The summed E-state index contributed by atoms with van der Waals surface area (Å²) in [6.45, 7) is 7.89. The van der Waals surface area contributed by atoms with Crippen molar-refractivity contribution in [1.82, 2.24) is 30.1 Å². The number of methoxy groups -OCH3 is 1. The third kappa shape index (κ3) is 6.07. The van der Waals surface area contributed by atoms with Crippen molar-refractivity contribution >= 4 is 10.9 Å². The van der Waals surface area contributed by atoms with Gasteiger partial charge in [0.05, 0.1) is 19.7 Å². The topological polar surface area (TPSA) is 88.9 Å². The predicted molar refractivity (Wildman–Crippen MR) is 153 cm³/mol. The molecule has 0 aliphatic heterocycles. The molecule has 200 valence electrons. The first-order valence-corrected chi connectivity index (χ1v) is 13.2. The number of nitrogens with zero attached hydrogens (tertiary/aromatic N) is 5. The highest BCUT2D eigenvalue weighted by Gasteiger charge is 2.26. The van der Waals surface area contributed by atoms with E-state index in [4.69, 9.17) is 4.74 Å². The number of hydrogen-bond acceptors (Lipinski definition) is 6. The van der Waals surface area contributed by atoms with Gasteiger partial charge in [0.25, 0.3) is 5.56 Å². The van der Waals surface area contributed by atoms with E-state index < -0.39 is 0 Å². The Hall–Kier alpha value is -4.30. The molecule has 0 spiro atoms. The van der Waals surface area contributed by atoms with Crippen LogP contribution in [0.5, 0.6) is 5.75 Å². The molecule has 2 aromatic heterocycles. The minimum absolute atomic E-state index is 0.0744. The zero-order valence-corrected chi connectivity index (χ0v) is 22.9. The third-order valence-electron chi connectivity index (χ3n) is 7.13. The van der Waals surface area contributed by atoms with Gasteiger partial charge in [-0.15, -0.1) is 5.10 Å². The number of hydrogen-bond donors (Lipinski definition) is 1. The van der Waals surface area contributed by atoms with Crippen LogP contribution in [0, 0.1) is 13.8 Å². The summed E-state index contributed by atoms with van der Waals surface area (Å²) in [5, 5.41) is 13.9. The predicted octanol–water partition coefficient (Wildman–Crippen LogP) is 5.34. The van der Waals surface area contributed by atoms with Crippen LogP contribution in [0.15, 0.2) is 77.6 Å². The van der Waals surface area contributed by atoms with Gasteiger partial charge in [-0.1, -0.05) is 61.0 Å². The monoisotopic (exact) mass is 522 g/mol. The van der Waals surface area contributed by atoms with Crippen molar-refractivity contribution in [3.8, 4) is 5.75 Å². The summed E-state index contributed by atoms with van der Waals surface area (Å²) in [4.78, 5) is 18.6. The number of ether oxygens (including phenoxy) is 1. The Morgan fingerprint density at radius 1 is 0.923 bits per heavy atom. The van der Waals surface area contributed by atoms with Gasteiger partial charge in [0, 0.05) is 24.2 Å². The molecule has 0 saturated heterocycles. The maximum absolute atomic E-state index is 13.2. The number of nitrogens with one attached hydrogen (secondary N) is 1. The lowest BCUT2D eigenvalue weighted by molar-refractivity contribution is 0.161. The van der Waals surface area contributed by atoms with Crippen LogP contribution in [0.3, 0.4) is 0 Å². The van der Waals surface area contributed by atoms with Crippen molar-refractivity contribution in [2.24, 2.45) is 0 Å². The maximum Gasteiger partial charge on any atom is 0.252 e. The number of aromatic nitrogens is 5. The Morgan fingerprint density at radius 3 is 2.36 bits per heavy atom. The van der Waals surface area contributed by atoms with Gasteiger partial charge in [0.2, 0.25) is 0 Å². The molecule has 0 fully saturated rings. The zero-order valence-electron chi connectivity index (χ0n) is 22.9. The molecule has 8 nitrogen and oxygen atoms in total. The van der Waals surface area contributed by atoms with Gasteiger partial charge in [-0.05, 0) is 77.0 Å². The van der Waals surface area contributed by atoms with E-state index >= 15 is 0 Å². The van der Waals surface area contributed by atoms with Crippen LogP contribution in [0.1, 0.15) is 53.0 Å². The molecule has 0 saturated carbocycles. The van der Waals surface area contributed by atoms with Crippen molar-refractivity contribution < 1.29 is 4.74 Å². The quantitative estimate of drug-likeness (QED) is 0.266. The fourth-order valence-electron chi connectivity index (χ4n) is 4.97. The first kappa shape index (κ1) is 26.3. The summed E-state index contributed by atoms with van der Waals surface area (Å²) in [5.74, 6) is 1.58. The van der Waals surface area contributed by atoms with E-state index in [0.717, 1.165) is 40.0 Å². The molecular weight excluding hydrogens is 488 g/mol. The zero-order chi connectivity index (χ0) is 27.4. The van der Waals surface area contributed by atoms with Crippen molar-refractivity contribution in [3.05, 3.63) is 117 Å². The lowest BCUT2D eigenvalue weighted by atomic mass is 10.1. The molecular formula is C31H34N6O2. The minimum atomic E-state index is -0.104. The number of aryl methyl sites for hydroxylation is 2. The van der Waals surface area contributed by atoms with Gasteiger partial charge < -0.3 is 9.72 Å². The normalized spacial score (nSPS) is 12.2. The van der Waals surface area contributed by atoms with Gasteiger partial charge in [-0.2, -0.15) is 0 Å². The summed E-state index contributed by atoms with van der Waals surface area (Å²) in [6.07, 6.45) is 0.777. The van der Waals surface area contributed by atoms with E-state index in [2.05, 4.69) is 75.7 Å². The van der Waals surface area contributed by atoms with Crippen molar-refractivity contribution in [2.45, 2.75) is 52.9 Å². The van der Waals surface area contributed by atoms with Crippen LogP contribution in [-0.4, -0.2) is 37.2 Å². The second-order valence-corrected chi connectivity index (χ2v) is 10.1. The number of H-pyrrole nitrogens is 1. The van der Waals surface area contributed by atoms with Gasteiger partial charge in [-0.3, -0.25) is 9.69 Å². The minimum Gasteiger partial charge on any atom is -0.497 e. The standard InChI is InChI=1S/C31H34N6O2/c1-5-29(30-33-34-35-37(30)19-24-11-14-27(39-4)15-12-24)36(18-23-9-6-21(2)7-10-23)20-26-17-25-13-8-22(3)16-28(25)32-31(26)38/h6-17,29H,5,18-20H2,1-4H3,(H,32,38)/t29-/m1/s1. The molecule has 39 heavy (non-hydrogen) atoms. The number of rotatable bonds is 10. The Bertz CT molecular complexity index is 1610. The second-order valence-electron chi connectivity index (χ2n) is 10.1. The molecule has 0 radical (unpaired) electrons. The highest BCUT2D eigenvalue weighted by atomic mass is 16.5. The van der Waals surface area contributed by atoms with Gasteiger partial charge in [0.15, 0.2) is 5.82 Å². The molecule has 0 amide bonds. The first-order valence-electron chi connectivity index (χ1n) is 13.2. The van der Waals surface area contributed by atoms with Crippen LogP contribution in [0.25, 0.3) is 10.9 Å². The molecule has 3 aromatic carbocycles. The first-order chi connectivity index (χ1) is 18.9. The molecule has 1 atom stereocenters. The van der Waals surface area contributed by atoms with E-state index in [-0.39, 0.29) is 11.6 Å². The summed E-state index contributed by atoms with van der Waals surface area (Å²) in [7, 11) is 1.66. The molecule has 1 N–H and O–H groups in total. The Labute approximate surface area is 228 Å². The largest absolute Gasteiger partial charge is 0.497 e. The molecule has 8 heteroatoms. The summed E-state index contributed by atoms with van der Waals surface area (Å²) in [5.41, 5.74) is 6.06. The van der Waals surface area contributed by atoms with Crippen molar-refractivity contribution in [3.63, 3.8) is 0 Å². The van der Waals surface area contributed by atoms with Gasteiger partial charge in [0.1, 0.15) is 5.75 Å². The van der Waals surface area contributed by atoms with Crippen LogP contribution in [0.4, 0.5) is 0 Å². The summed E-state index contributed by atoms with van der Waals surface area (Å²) < 4.78 is 7.15. The Kier molecular flexibility index (Phi) is 7.84. The van der Waals surface area contributed by atoms with E-state index in [0.29, 0.717) is 25.2 Å². The number of benzene rings is 3. The number of pyridine rings is 1. The summed E-state index contributed by atoms with van der Waals surface area (Å²) in [6, 6.07) is 24.5. The molecule has 5 rings (SSSR count). The maximum atomic E-state index is 13.2. The van der Waals surface area contributed by atoms with Crippen LogP contribution < -0.4 is 10.3 Å². The van der Waals surface area contributed by atoms with Crippen LogP contribution in [-0.2, 0) is 19.6 Å². The number of tetrazole rings is 1. The number of aromatic amines is 1. The summed E-state index contributed by atoms with van der Waals surface area (Å²) >= 11 is 0. The molecule has 0 aliphatic carbocycles. The highest BCUT2D eigenvalue weighted by Crippen LogP contribution is 2.27. The van der Waals surface area contributed by atoms with Gasteiger partial charge in [-0.25, -0.2) is 4.68 Å². The highest BCUT2D eigenvalue weighted by molar-refractivity contribution is 5.79. The molecule has 2 heterocycles. The average molecular weight is 523 g/mol. The second kappa shape index (κ2) is 11.6. The van der Waals surface area contributed by atoms with Crippen LogP contribution >= 0.6 is 0 Å². The average Bonchev–Trinajstić information content (AvgIpc) is 3.39. The van der Waals surface area contributed by atoms with E-state index in [1.165, 1.54) is 11.1 Å². The molecule has 0 aliphatic rings. The SMILES string of the molecule is CC[C@H](c1nnnn1Cc1ccc(OC)cc1)N(Cc1ccc(C)cc1)Cc1cc2ccc(C)cc2[nH]c1=O. The lowest BCUT2D eigenvalue weighted by Crippen LogP contribution is -2.32. The van der Waals surface area contributed by atoms with Gasteiger partial charge >= 0.3 is 0 Å². The van der Waals surface area contributed by atoms with E-state index in [1.54, 1.807) is 7.11 Å². The van der Waals surface area contributed by atoms with Crippen LogP contribution in [0.2, 0.25) is 0 Å². The number of fused-ring (bicyclic) bond motifs is 1. The van der Waals surface area contributed by atoms with E-state index in [9.17, 15) is 4.79 Å². The fraction of sp³-hybridized carbons (Fsp3) is 0.290. The molecule has 0 unspecified atom stereocenters. The van der Waals surface area contributed by atoms with Crippen molar-refractivity contribution in [2.75, 3.05) is 7.11 Å². The molecule has 0 bridgehead atoms. The lowest BCUT2D eigenvalue weighted by Gasteiger charge is -2.30. The third-order valence-corrected chi connectivity index (χ3v) is 7.13. The molecule has 5 aromatic rings. The fourth-order valence-corrected chi connectivity index (χ4v) is 4.97. The Balaban J connectivity index is 1.50. The van der Waals surface area contributed by atoms with E-state index in [1.807, 2.05) is 48.0 Å². The smallest absolute Gasteiger partial charge is 0.252 e. The van der Waals surface area contributed by atoms with Crippen molar-refractivity contribution in [1.29, 1.82) is 0 Å². The Morgan fingerprint density at radius 2 is 1.64 bits per heavy atom.